The highest BCUT2D eigenvalue weighted by Gasteiger charge is 2.14. The summed E-state index contributed by atoms with van der Waals surface area (Å²) < 4.78 is 0. The smallest absolute Gasteiger partial charge is 0.0608 e. The van der Waals surface area contributed by atoms with Gasteiger partial charge in [0.05, 0.1) is 6.16 Å². The molecule has 0 radical (unpaired) electrons. The second kappa shape index (κ2) is 5.46. The third-order valence-corrected chi connectivity index (χ3v) is 2.64. The van der Waals surface area contributed by atoms with E-state index in [2.05, 4.69) is 20.0 Å². The van der Waals surface area contributed by atoms with Crippen LogP contribution in [0.25, 0.3) is 0 Å². The molecule has 0 aromatic carbocycles. The van der Waals surface area contributed by atoms with Crippen LogP contribution in [0.2, 0.25) is 0 Å². The third-order valence-electron chi connectivity index (χ3n) is 0.987. The van der Waals surface area contributed by atoms with Gasteiger partial charge in [-0.2, -0.15) is 0 Å². The molecular formula is C6H16ClOP. The van der Waals surface area contributed by atoms with Crippen LogP contribution in [0.15, 0.2) is 0 Å². The Morgan fingerprint density at radius 1 is 1.22 bits per heavy atom. The van der Waals surface area contributed by atoms with Crippen LogP contribution in [-0.4, -0.2) is 37.9 Å². The van der Waals surface area contributed by atoms with Gasteiger partial charge in [0.2, 0.25) is 0 Å². The molecule has 0 aromatic heterocycles. The lowest BCUT2D eigenvalue weighted by Crippen LogP contribution is -3.00. The Hall–Kier alpha value is 0.680. The first kappa shape index (κ1) is 12.4. The molecule has 0 atom stereocenters. The first-order chi connectivity index (χ1) is 3.56. The normalized spacial score (nSPS) is 10.7. The summed E-state index contributed by atoms with van der Waals surface area (Å²) in [7, 11) is -0.592. The van der Waals surface area contributed by atoms with Crippen molar-refractivity contribution in [3.63, 3.8) is 0 Å². The predicted molar refractivity (Wildman–Crippen MR) is 41.3 cm³/mol. The van der Waals surface area contributed by atoms with Crippen LogP contribution in [0, 0.1) is 0 Å². The number of aliphatic hydroxyl groups is 1. The van der Waals surface area contributed by atoms with Crippen molar-refractivity contribution in [2.24, 2.45) is 0 Å². The zero-order chi connectivity index (χ0) is 6.62. The number of hydrogen-bond acceptors (Lipinski definition) is 1. The lowest BCUT2D eigenvalue weighted by atomic mass is 10.5. The summed E-state index contributed by atoms with van der Waals surface area (Å²) >= 11 is 0. The molecule has 0 bridgehead atoms. The van der Waals surface area contributed by atoms with Crippen LogP contribution >= 0.6 is 7.26 Å². The average Bonchev–Trinajstić information content (AvgIpc) is 1.59. The van der Waals surface area contributed by atoms with Crippen LogP contribution in [0.3, 0.4) is 0 Å². The molecule has 0 saturated heterocycles. The zero-order valence-electron chi connectivity index (χ0n) is 6.39. The van der Waals surface area contributed by atoms with E-state index in [1.807, 2.05) is 0 Å². The summed E-state index contributed by atoms with van der Waals surface area (Å²) in [5, 5.41) is 8.45. The van der Waals surface area contributed by atoms with Gasteiger partial charge in [0.25, 0.3) is 0 Å². The van der Waals surface area contributed by atoms with Gasteiger partial charge < -0.3 is 17.5 Å². The van der Waals surface area contributed by atoms with Gasteiger partial charge >= 0.3 is 0 Å². The van der Waals surface area contributed by atoms with E-state index in [4.69, 9.17) is 5.11 Å². The van der Waals surface area contributed by atoms with Crippen molar-refractivity contribution in [1.29, 1.82) is 0 Å². The fourth-order valence-electron chi connectivity index (χ4n) is 0.545. The Morgan fingerprint density at radius 2 is 1.67 bits per heavy atom. The molecule has 3 heteroatoms. The highest BCUT2D eigenvalue weighted by molar-refractivity contribution is 7.73. The maximum absolute atomic E-state index is 8.45. The molecule has 1 nitrogen and oxygen atoms in total. The van der Waals surface area contributed by atoms with Crippen molar-refractivity contribution in [3.05, 3.63) is 0 Å². The van der Waals surface area contributed by atoms with E-state index in [-0.39, 0.29) is 12.4 Å². The minimum absolute atomic E-state index is 0. The average molecular weight is 171 g/mol. The first-order valence-corrected chi connectivity index (χ1v) is 6.29. The van der Waals surface area contributed by atoms with E-state index < -0.39 is 7.26 Å². The van der Waals surface area contributed by atoms with Gasteiger partial charge in [-0.25, -0.2) is 0 Å². The van der Waals surface area contributed by atoms with Gasteiger partial charge in [-0.05, 0) is 0 Å². The lowest BCUT2D eigenvalue weighted by molar-refractivity contribution is -0.00000311. The minimum Gasteiger partial charge on any atom is -1.00 e. The molecule has 0 aromatic rings. The maximum Gasteiger partial charge on any atom is 0.0608 e. The van der Waals surface area contributed by atoms with Crippen LogP contribution < -0.4 is 12.4 Å². The van der Waals surface area contributed by atoms with E-state index >= 15 is 0 Å². The van der Waals surface area contributed by atoms with Crippen molar-refractivity contribution in [2.75, 3.05) is 32.8 Å². The van der Waals surface area contributed by atoms with E-state index in [1.165, 1.54) is 6.16 Å². The summed E-state index contributed by atoms with van der Waals surface area (Å²) in [5.74, 6) is 0. The second-order valence-corrected chi connectivity index (χ2v) is 8.12. The molecule has 0 amide bonds. The highest BCUT2D eigenvalue weighted by Crippen LogP contribution is 2.46. The topological polar surface area (TPSA) is 20.2 Å². The summed E-state index contributed by atoms with van der Waals surface area (Å²) in [4.78, 5) is 0. The number of hydrogen-bond donors (Lipinski definition) is 1. The lowest BCUT2D eigenvalue weighted by Gasteiger charge is -2.09. The van der Waals surface area contributed by atoms with E-state index in [0.717, 1.165) is 6.42 Å². The largest absolute Gasteiger partial charge is 1.00 e. The standard InChI is InChI=1S/C6H16OP.ClH/c1-8(2,3)6-4-5-7;/h7H,4-6H2,1-3H3;1H/q+1;/p-1. The van der Waals surface area contributed by atoms with Gasteiger partial charge in [0.15, 0.2) is 0 Å². The molecule has 0 saturated carbocycles. The number of aliphatic hydroxyl groups excluding tert-OH is 1. The molecule has 9 heavy (non-hydrogen) atoms. The molecule has 0 rings (SSSR count). The Bertz CT molecular complexity index is 60.6. The molecule has 0 aliphatic carbocycles. The molecule has 0 spiro atoms. The highest BCUT2D eigenvalue weighted by atomic mass is 35.5. The van der Waals surface area contributed by atoms with Crippen molar-refractivity contribution < 1.29 is 17.5 Å². The van der Waals surface area contributed by atoms with Gasteiger partial charge in [0.1, 0.15) is 0 Å². The van der Waals surface area contributed by atoms with E-state index in [1.54, 1.807) is 0 Å². The predicted octanol–water partition coefficient (Wildman–Crippen LogP) is -1.72. The van der Waals surface area contributed by atoms with Gasteiger partial charge in [-0.3, -0.25) is 0 Å². The Balaban J connectivity index is 0. The van der Waals surface area contributed by atoms with E-state index in [0.29, 0.717) is 6.61 Å². The van der Waals surface area contributed by atoms with Crippen LogP contribution in [0.4, 0.5) is 0 Å². The monoisotopic (exact) mass is 170 g/mol. The van der Waals surface area contributed by atoms with Crippen molar-refractivity contribution in [1.82, 2.24) is 0 Å². The fourth-order valence-corrected chi connectivity index (χ4v) is 1.64. The molecule has 0 fully saturated rings. The quantitative estimate of drug-likeness (QED) is 0.500. The summed E-state index contributed by atoms with van der Waals surface area (Å²) in [5.41, 5.74) is 0. The molecule has 0 heterocycles. The zero-order valence-corrected chi connectivity index (χ0v) is 8.04. The SMILES string of the molecule is C[P+](C)(C)CCCO.[Cl-]. The van der Waals surface area contributed by atoms with Gasteiger partial charge in [-0.1, -0.05) is 0 Å². The molecule has 0 aliphatic rings. The minimum atomic E-state index is -0.592. The second-order valence-electron chi connectivity index (χ2n) is 3.09. The van der Waals surface area contributed by atoms with Crippen LogP contribution in [0.5, 0.6) is 0 Å². The molecule has 0 unspecified atom stereocenters. The molecular weight excluding hydrogens is 154 g/mol. The third kappa shape index (κ3) is 12.0. The molecule has 0 aliphatic heterocycles. The molecule has 1 N–H and O–H groups in total. The van der Waals surface area contributed by atoms with Crippen molar-refractivity contribution in [2.45, 2.75) is 6.42 Å². The Kier molecular flexibility index (Phi) is 7.51. The summed E-state index contributed by atoms with van der Waals surface area (Å²) in [6, 6.07) is 0. The number of halogens is 1. The van der Waals surface area contributed by atoms with E-state index in [9.17, 15) is 0 Å². The van der Waals surface area contributed by atoms with Gasteiger partial charge in [0, 0.05) is 40.3 Å². The number of rotatable bonds is 3. The van der Waals surface area contributed by atoms with Gasteiger partial charge in [-0.15, -0.1) is 0 Å². The first-order valence-electron chi connectivity index (χ1n) is 2.97. The Morgan fingerprint density at radius 3 is 1.78 bits per heavy atom. The summed E-state index contributed by atoms with van der Waals surface area (Å²) in [6.07, 6.45) is 2.21. The van der Waals surface area contributed by atoms with Crippen LogP contribution in [-0.2, 0) is 0 Å². The summed E-state index contributed by atoms with van der Waals surface area (Å²) in [6.45, 7) is 7.24. The fraction of sp³-hybridized carbons (Fsp3) is 1.00. The molecule has 58 valence electrons. The Labute approximate surface area is 64.6 Å². The van der Waals surface area contributed by atoms with Crippen LogP contribution in [0.1, 0.15) is 6.42 Å². The van der Waals surface area contributed by atoms with Crippen molar-refractivity contribution >= 4 is 7.26 Å². The van der Waals surface area contributed by atoms with Crippen molar-refractivity contribution in [3.8, 4) is 0 Å². The maximum atomic E-state index is 8.45.